The molecule has 0 bridgehead atoms. The Balaban J connectivity index is 2.94. The Labute approximate surface area is 86.6 Å². The fraction of sp³-hybridized carbons (Fsp3) is 0.250. The van der Waals surface area contributed by atoms with Crippen LogP contribution in [0, 0.1) is 5.82 Å². The zero-order chi connectivity index (χ0) is 11.4. The predicted octanol–water partition coefficient (Wildman–Crippen LogP) is 1.58. The van der Waals surface area contributed by atoms with Gasteiger partial charge in [0.2, 0.25) is 0 Å². The van der Waals surface area contributed by atoms with E-state index < -0.39 is 14.1 Å². The molecule has 0 fully saturated rings. The Kier molecular flexibility index (Phi) is 3.96. The number of benzene rings is 1. The van der Waals surface area contributed by atoms with Crippen molar-refractivity contribution >= 4 is 13.9 Å². The molecule has 0 aromatic heterocycles. The van der Waals surface area contributed by atoms with Crippen molar-refractivity contribution in [2.24, 2.45) is 0 Å². The maximum Gasteiger partial charge on any atom is 0.695 e. The van der Waals surface area contributed by atoms with Crippen LogP contribution >= 0.6 is 8.25 Å². The van der Waals surface area contributed by atoms with E-state index in [1.165, 1.54) is 19.2 Å². The van der Waals surface area contributed by atoms with Crippen LogP contribution < -0.4 is 10.5 Å². The lowest BCUT2D eigenvalue weighted by Gasteiger charge is -2.07. The number of nitrogen functional groups attached to an aromatic ring is 1. The summed E-state index contributed by atoms with van der Waals surface area (Å²) >= 11 is 0. The first kappa shape index (κ1) is 11.8. The summed E-state index contributed by atoms with van der Waals surface area (Å²) in [7, 11) is -1.46. The molecule has 0 aliphatic heterocycles. The van der Waals surface area contributed by atoms with Gasteiger partial charge < -0.3 is 10.5 Å². The molecule has 1 atom stereocenters. The third-order valence-electron chi connectivity index (χ3n) is 1.74. The average Bonchev–Trinajstić information content (AvgIpc) is 2.17. The van der Waals surface area contributed by atoms with E-state index in [2.05, 4.69) is 4.52 Å². The second-order valence-electron chi connectivity index (χ2n) is 2.67. The Bertz CT molecular complexity index is 385. The summed E-state index contributed by atoms with van der Waals surface area (Å²) in [6.45, 7) is -0.311. The van der Waals surface area contributed by atoms with Gasteiger partial charge in [0.05, 0.1) is 12.8 Å². The van der Waals surface area contributed by atoms with Crippen molar-refractivity contribution in [2.45, 2.75) is 6.61 Å². The lowest BCUT2D eigenvalue weighted by Crippen LogP contribution is -2.00. The van der Waals surface area contributed by atoms with Crippen molar-refractivity contribution < 1.29 is 23.1 Å². The van der Waals surface area contributed by atoms with Crippen LogP contribution in [0.4, 0.5) is 10.1 Å². The van der Waals surface area contributed by atoms with Gasteiger partial charge in [-0.15, -0.1) is 9.42 Å². The van der Waals surface area contributed by atoms with Gasteiger partial charge in [0.25, 0.3) is 0 Å². The minimum Gasteiger partial charge on any atom is -0.492 e. The molecule has 1 aromatic rings. The van der Waals surface area contributed by atoms with Gasteiger partial charge in [-0.1, -0.05) is 6.07 Å². The van der Waals surface area contributed by atoms with Crippen LogP contribution in [0.2, 0.25) is 0 Å². The van der Waals surface area contributed by atoms with E-state index in [4.69, 9.17) is 15.4 Å². The second kappa shape index (κ2) is 5.02. The third kappa shape index (κ3) is 2.86. The monoisotopic (exact) mass is 234 g/mol. The van der Waals surface area contributed by atoms with Crippen molar-refractivity contribution in [3.8, 4) is 5.75 Å². The third-order valence-corrected chi connectivity index (χ3v) is 2.09. The number of hydrogen-bond acceptors (Lipinski definition) is 4. The molecule has 7 heteroatoms. The van der Waals surface area contributed by atoms with E-state index in [-0.39, 0.29) is 23.6 Å². The number of rotatable bonds is 4. The van der Waals surface area contributed by atoms with Gasteiger partial charge in [-0.2, -0.15) is 0 Å². The Morgan fingerprint density at radius 2 is 2.27 bits per heavy atom. The number of halogens is 1. The van der Waals surface area contributed by atoms with Crippen molar-refractivity contribution in [3.05, 3.63) is 23.5 Å². The number of methoxy groups -OCH3 is 1. The molecular weight excluding hydrogens is 224 g/mol. The lowest BCUT2D eigenvalue weighted by molar-refractivity contribution is 0.266. The molecule has 0 saturated carbocycles. The van der Waals surface area contributed by atoms with Crippen molar-refractivity contribution in [2.75, 3.05) is 12.8 Å². The molecule has 0 aliphatic carbocycles. The van der Waals surface area contributed by atoms with Crippen molar-refractivity contribution in [1.29, 1.82) is 0 Å². The summed E-state index contributed by atoms with van der Waals surface area (Å²) in [6.07, 6.45) is 0. The average molecular weight is 234 g/mol. The highest BCUT2D eigenvalue weighted by molar-refractivity contribution is 7.32. The van der Waals surface area contributed by atoms with Crippen molar-refractivity contribution in [1.82, 2.24) is 0 Å². The molecule has 0 heterocycles. The molecule has 0 spiro atoms. The predicted molar refractivity (Wildman–Crippen MR) is 52.0 cm³/mol. The second-order valence-corrected chi connectivity index (χ2v) is 3.41. The SMILES string of the molecule is COc1c(N)ccc(CO[P+](=O)O)c1F. The highest BCUT2D eigenvalue weighted by Gasteiger charge is 2.17. The summed E-state index contributed by atoms with van der Waals surface area (Å²) < 4.78 is 32.9. The molecule has 1 rings (SSSR count). The van der Waals surface area contributed by atoms with Crippen LogP contribution in [0.5, 0.6) is 5.75 Å². The highest BCUT2D eigenvalue weighted by Crippen LogP contribution is 2.29. The van der Waals surface area contributed by atoms with E-state index >= 15 is 0 Å². The minimum absolute atomic E-state index is 0.0933. The summed E-state index contributed by atoms with van der Waals surface area (Å²) in [6, 6.07) is 2.80. The smallest absolute Gasteiger partial charge is 0.492 e. The van der Waals surface area contributed by atoms with Crippen LogP contribution in [0.25, 0.3) is 0 Å². The topological polar surface area (TPSA) is 81.8 Å². The van der Waals surface area contributed by atoms with Crippen LogP contribution in [0.3, 0.4) is 0 Å². The Morgan fingerprint density at radius 1 is 1.60 bits per heavy atom. The molecule has 15 heavy (non-hydrogen) atoms. The summed E-state index contributed by atoms with van der Waals surface area (Å²) in [5, 5.41) is 0. The lowest BCUT2D eigenvalue weighted by atomic mass is 10.2. The van der Waals surface area contributed by atoms with Crippen LogP contribution in [0.15, 0.2) is 12.1 Å². The minimum atomic E-state index is -2.75. The van der Waals surface area contributed by atoms with E-state index in [1.54, 1.807) is 0 Å². The van der Waals surface area contributed by atoms with Gasteiger partial charge in [0, 0.05) is 10.1 Å². The molecule has 0 saturated heterocycles. The Morgan fingerprint density at radius 3 is 2.80 bits per heavy atom. The van der Waals surface area contributed by atoms with Crippen LogP contribution in [-0.2, 0) is 15.7 Å². The largest absolute Gasteiger partial charge is 0.695 e. The molecule has 82 valence electrons. The standard InChI is InChI=1S/C8H9FNO4P/c1-13-8-6(10)3-2-5(7(8)9)4-14-15(11)12/h2-3H,4,10H2,1H3/p+1. The molecule has 1 aromatic carbocycles. The maximum absolute atomic E-state index is 13.5. The fourth-order valence-electron chi connectivity index (χ4n) is 1.06. The highest BCUT2D eigenvalue weighted by atomic mass is 31.1. The molecule has 0 amide bonds. The fourth-order valence-corrected chi connectivity index (χ4v) is 1.30. The van der Waals surface area contributed by atoms with E-state index in [0.717, 1.165) is 0 Å². The van der Waals surface area contributed by atoms with Crippen LogP contribution in [-0.4, -0.2) is 12.0 Å². The zero-order valence-electron chi connectivity index (χ0n) is 7.94. The van der Waals surface area contributed by atoms with Gasteiger partial charge in [0.1, 0.15) is 6.61 Å². The van der Waals surface area contributed by atoms with Crippen molar-refractivity contribution in [3.63, 3.8) is 0 Å². The van der Waals surface area contributed by atoms with Gasteiger partial charge in [-0.25, -0.2) is 4.39 Å². The molecule has 3 N–H and O–H groups in total. The number of anilines is 1. The number of hydrogen-bond donors (Lipinski definition) is 2. The van der Waals surface area contributed by atoms with Gasteiger partial charge >= 0.3 is 8.25 Å². The van der Waals surface area contributed by atoms with E-state index in [1.807, 2.05) is 0 Å². The molecule has 1 unspecified atom stereocenters. The molecule has 0 aliphatic rings. The van der Waals surface area contributed by atoms with E-state index in [9.17, 15) is 8.96 Å². The first-order valence-corrected chi connectivity index (χ1v) is 5.09. The van der Waals surface area contributed by atoms with E-state index in [0.29, 0.717) is 0 Å². The maximum atomic E-state index is 13.5. The molecule has 5 nitrogen and oxygen atoms in total. The first-order chi connectivity index (χ1) is 7.06. The number of nitrogens with two attached hydrogens (primary N) is 1. The van der Waals surface area contributed by atoms with Gasteiger partial charge in [-0.05, 0) is 6.07 Å². The zero-order valence-corrected chi connectivity index (χ0v) is 8.83. The van der Waals surface area contributed by atoms with Gasteiger partial charge in [0.15, 0.2) is 11.6 Å². The Hall–Kier alpha value is -1.23. The normalized spacial score (nSPS) is 11.3. The molecule has 0 radical (unpaired) electrons. The first-order valence-electron chi connectivity index (χ1n) is 3.96. The summed E-state index contributed by atoms with van der Waals surface area (Å²) in [5.41, 5.74) is 5.71. The molecular formula is C8H10FNO4P+. The van der Waals surface area contributed by atoms with Crippen LogP contribution in [0.1, 0.15) is 5.56 Å². The quantitative estimate of drug-likeness (QED) is 0.610. The summed E-state index contributed by atoms with van der Waals surface area (Å²) in [5.74, 6) is -0.779. The van der Waals surface area contributed by atoms with Gasteiger partial charge in [-0.3, -0.25) is 0 Å². The number of ether oxygens (including phenoxy) is 1. The summed E-state index contributed by atoms with van der Waals surface area (Å²) in [4.78, 5) is 8.39.